The molecule has 0 bridgehead atoms. The second-order valence-electron chi connectivity index (χ2n) is 6.71. The van der Waals surface area contributed by atoms with E-state index < -0.39 is 0 Å². The number of allylic oxidation sites excluding steroid dienone is 1. The smallest absolute Gasteiger partial charge is 0.230 e. The molecule has 1 N–H and O–H groups in total. The first kappa shape index (κ1) is 22.4. The Kier molecular flexibility index (Phi) is 8.12. The van der Waals surface area contributed by atoms with Crippen molar-refractivity contribution in [3.63, 3.8) is 0 Å². The minimum absolute atomic E-state index is 0.0927. The minimum Gasteiger partial charge on any atom is -0.496 e. The van der Waals surface area contributed by atoms with Gasteiger partial charge in [0.25, 0.3) is 0 Å². The molecule has 0 unspecified atom stereocenters. The average Bonchev–Trinajstić information content (AvgIpc) is 3.18. The summed E-state index contributed by atoms with van der Waals surface area (Å²) in [6, 6.07) is 15.4. The topological polar surface area (TPSA) is 78.3 Å². The summed E-state index contributed by atoms with van der Waals surface area (Å²) in [4.78, 5) is 12.2. The Bertz CT molecular complexity index is 1040. The highest BCUT2D eigenvalue weighted by atomic mass is 32.2. The van der Waals surface area contributed by atoms with E-state index in [1.54, 1.807) is 13.2 Å². The summed E-state index contributed by atoms with van der Waals surface area (Å²) in [6.07, 6.45) is 1.77. The number of ether oxygens (including phenoxy) is 2. The Morgan fingerprint density at radius 2 is 2.06 bits per heavy atom. The number of hydrogen-bond acceptors (Lipinski definition) is 6. The molecule has 162 valence electrons. The maximum absolute atomic E-state index is 12.2. The summed E-state index contributed by atoms with van der Waals surface area (Å²) >= 11 is 1.33. The van der Waals surface area contributed by atoms with Crippen molar-refractivity contribution >= 4 is 17.7 Å². The zero-order chi connectivity index (χ0) is 22.1. The number of hydrogen-bond donors (Lipinski definition) is 1. The summed E-state index contributed by atoms with van der Waals surface area (Å²) in [6.45, 7) is 7.19. The fourth-order valence-corrected chi connectivity index (χ4v) is 3.74. The molecule has 0 saturated carbocycles. The quantitative estimate of drug-likeness (QED) is 0.279. The van der Waals surface area contributed by atoms with Crippen molar-refractivity contribution in [1.82, 2.24) is 20.1 Å². The number of rotatable bonds is 11. The Hall–Kier alpha value is -3.26. The molecule has 8 heteroatoms. The first-order valence-electron chi connectivity index (χ1n) is 9.89. The van der Waals surface area contributed by atoms with Gasteiger partial charge in [0.2, 0.25) is 5.91 Å². The number of carbonyl (C=O) groups excluding carboxylic acids is 1. The van der Waals surface area contributed by atoms with Crippen LogP contribution in [0.25, 0.3) is 11.4 Å². The van der Waals surface area contributed by atoms with Gasteiger partial charge < -0.3 is 14.8 Å². The Balaban J connectivity index is 1.55. The molecule has 3 aromatic rings. The van der Waals surface area contributed by atoms with Crippen LogP contribution in [0.1, 0.15) is 5.56 Å². The summed E-state index contributed by atoms with van der Waals surface area (Å²) < 4.78 is 13.0. The number of aromatic nitrogens is 3. The molecule has 0 radical (unpaired) electrons. The van der Waals surface area contributed by atoms with Gasteiger partial charge in [-0.1, -0.05) is 42.1 Å². The lowest BCUT2D eigenvalue weighted by Crippen LogP contribution is -2.29. The molecule has 0 atom stereocenters. The molecular formula is C23H26N4O3S. The number of carbonyl (C=O) groups is 1. The molecule has 2 aromatic carbocycles. The predicted molar refractivity (Wildman–Crippen MR) is 123 cm³/mol. The molecule has 0 aliphatic carbocycles. The lowest BCUT2D eigenvalue weighted by Gasteiger charge is -2.11. The zero-order valence-electron chi connectivity index (χ0n) is 17.7. The van der Waals surface area contributed by atoms with Crippen LogP contribution in [0.2, 0.25) is 0 Å². The third kappa shape index (κ3) is 6.11. The summed E-state index contributed by atoms with van der Waals surface area (Å²) in [5, 5.41) is 12.1. The highest BCUT2D eigenvalue weighted by Crippen LogP contribution is 2.30. The van der Waals surface area contributed by atoms with Crippen LogP contribution < -0.4 is 14.8 Å². The van der Waals surface area contributed by atoms with Gasteiger partial charge in [0.1, 0.15) is 18.1 Å². The molecule has 7 nitrogen and oxygen atoms in total. The van der Waals surface area contributed by atoms with Gasteiger partial charge in [-0.3, -0.25) is 9.36 Å². The summed E-state index contributed by atoms with van der Waals surface area (Å²) in [5.41, 5.74) is 1.97. The van der Waals surface area contributed by atoms with Crippen molar-refractivity contribution in [2.24, 2.45) is 0 Å². The molecule has 0 aliphatic heterocycles. The van der Waals surface area contributed by atoms with Crippen LogP contribution in [-0.2, 0) is 11.3 Å². The van der Waals surface area contributed by atoms with Crippen LogP contribution in [-0.4, -0.2) is 46.7 Å². The molecule has 1 amide bonds. The lowest BCUT2D eigenvalue weighted by atomic mass is 10.2. The number of aryl methyl sites for hydroxylation is 1. The van der Waals surface area contributed by atoms with Gasteiger partial charge in [-0.2, -0.15) is 0 Å². The molecule has 3 rings (SSSR count). The van der Waals surface area contributed by atoms with Crippen molar-refractivity contribution in [3.05, 3.63) is 66.7 Å². The number of benzene rings is 2. The third-order valence-corrected chi connectivity index (χ3v) is 5.36. The van der Waals surface area contributed by atoms with E-state index in [0.717, 1.165) is 16.9 Å². The van der Waals surface area contributed by atoms with Gasteiger partial charge in [-0.25, -0.2) is 0 Å². The van der Waals surface area contributed by atoms with Crippen LogP contribution in [0, 0.1) is 6.92 Å². The van der Waals surface area contributed by atoms with E-state index in [1.807, 2.05) is 60.0 Å². The van der Waals surface area contributed by atoms with E-state index in [9.17, 15) is 4.79 Å². The Labute approximate surface area is 186 Å². The number of nitrogens with zero attached hydrogens (tertiary/aromatic N) is 3. The SMILES string of the molecule is C=CCn1c(SCC(=O)NCCOc2cccc(C)c2)nnc1-c1ccccc1OC. The third-order valence-electron chi connectivity index (χ3n) is 4.39. The van der Waals surface area contributed by atoms with Crippen molar-refractivity contribution in [1.29, 1.82) is 0 Å². The van der Waals surface area contributed by atoms with E-state index in [0.29, 0.717) is 36.4 Å². The number of methoxy groups -OCH3 is 1. The second kappa shape index (κ2) is 11.2. The first-order valence-corrected chi connectivity index (χ1v) is 10.9. The Morgan fingerprint density at radius 1 is 1.23 bits per heavy atom. The van der Waals surface area contributed by atoms with E-state index in [4.69, 9.17) is 9.47 Å². The van der Waals surface area contributed by atoms with Crippen molar-refractivity contribution < 1.29 is 14.3 Å². The monoisotopic (exact) mass is 438 g/mol. The highest BCUT2D eigenvalue weighted by molar-refractivity contribution is 7.99. The molecule has 0 saturated heterocycles. The van der Waals surface area contributed by atoms with Gasteiger partial charge in [0.05, 0.1) is 25.0 Å². The van der Waals surface area contributed by atoms with E-state index in [1.165, 1.54) is 11.8 Å². The van der Waals surface area contributed by atoms with Gasteiger partial charge >= 0.3 is 0 Å². The van der Waals surface area contributed by atoms with Crippen molar-refractivity contribution in [2.75, 3.05) is 26.0 Å². The van der Waals surface area contributed by atoms with Crippen LogP contribution in [0.5, 0.6) is 11.5 Å². The average molecular weight is 439 g/mol. The summed E-state index contributed by atoms with van der Waals surface area (Å²) in [7, 11) is 1.62. The molecule has 1 aromatic heterocycles. The number of nitrogens with one attached hydrogen (secondary N) is 1. The number of para-hydroxylation sites is 1. The molecule has 0 fully saturated rings. The molecule has 0 aliphatic rings. The number of thioether (sulfide) groups is 1. The van der Waals surface area contributed by atoms with Gasteiger partial charge in [-0.15, -0.1) is 16.8 Å². The zero-order valence-corrected chi connectivity index (χ0v) is 18.5. The minimum atomic E-state index is -0.0927. The van der Waals surface area contributed by atoms with Gasteiger partial charge in [-0.05, 0) is 36.8 Å². The van der Waals surface area contributed by atoms with Crippen LogP contribution in [0.15, 0.2) is 66.3 Å². The van der Waals surface area contributed by atoms with Gasteiger partial charge in [0.15, 0.2) is 11.0 Å². The predicted octanol–water partition coefficient (Wildman–Crippen LogP) is 3.74. The van der Waals surface area contributed by atoms with Crippen LogP contribution in [0.3, 0.4) is 0 Å². The second-order valence-corrected chi connectivity index (χ2v) is 7.65. The molecule has 31 heavy (non-hydrogen) atoms. The van der Waals surface area contributed by atoms with E-state index in [2.05, 4.69) is 22.1 Å². The maximum Gasteiger partial charge on any atom is 0.230 e. The highest BCUT2D eigenvalue weighted by Gasteiger charge is 2.17. The standard InChI is InChI=1S/C23H26N4O3S/c1-4-13-27-22(19-10-5-6-11-20(19)29-3)25-26-23(27)31-16-21(28)24-12-14-30-18-9-7-8-17(2)15-18/h4-11,15H,1,12-14,16H2,2-3H3,(H,24,28). The Morgan fingerprint density at radius 3 is 2.84 bits per heavy atom. The van der Waals surface area contributed by atoms with E-state index >= 15 is 0 Å². The van der Waals surface area contributed by atoms with Crippen molar-refractivity contribution in [2.45, 2.75) is 18.6 Å². The van der Waals surface area contributed by atoms with Crippen LogP contribution in [0.4, 0.5) is 0 Å². The van der Waals surface area contributed by atoms with Crippen LogP contribution >= 0.6 is 11.8 Å². The van der Waals surface area contributed by atoms with E-state index in [-0.39, 0.29) is 11.7 Å². The fraction of sp³-hybridized carbons (Fsp3) is 0.261. The van der Waals surface area contributed by atoms with Crippen molar-refractivity contribution in [3.8, 4) is 22.9 Å². The summed E-state index contributed by atoms with van der Waals surface area (Å²) in [5.74, 6) is 2.32. The van der Waals surface area contributed by atoms with Gasteiger partial charge in [0, 0.05) is 6.54 Å². The maximum atomic E-state index is 12.2. The molecule has 0 spiro atoms. The first-order chi connectivity index (χ1) is 15.1. The lowest BCUT2D eigenvalue weighted by molar-refractivity contribution is -0.118. The normalized spacial score (nSPS) is 10.5. The molecular weight excluding hydrogens is 412 g/mol. The molecule has 1 heterocycles. The largest absolute Gasteiger partial charge is 0.496 e. The fourth-order valence-electron chi connectivity index (χ4n) is 2.96. The number of amides is 1.